The van der Waals surface area contributed by atoms with Gasteiger partial charge in [-0.05, 0) is 20.3 Å². The first-order chi connectivity index (χ1) is 5.57. The summed E-state index contributed by atoms with van der Waals surface area (Å²) in [6.07, 6.45) is 0.760. The van der Waals surface area contributed by atoms with Crippen LogP contribution in [0, 0.1) is 0 Å². The summed E-state index contributed by atoms with van der Waals surface area (Å²) in [5, 5.41) is 2.63. The summed E-state index contributed by atoms with van der Waals surface area (Å²) in [6, 6.07) is -0.493. The van der Waals surface area contributed by atoms with Crippen molar-refractivity contribution in [3.8, 4) is 0 Å². The Balaban J connectivity index is 3.54. The van der Waals surface area contributed by atoms with E-state index in [1.165, 1.54) is 6.92 Å². The fourth-order valence-electron chi connectivity index (χ4n) is 0.775. The summed E-state index contributed by atoms with van der Waals surface area (Å²) in [6.45, 7) is 3.90. The summed E-state index contributed by atoms with van der Waals surface area (Å²) < 4.78 is 0. The van der Waals surface area contributed by atoms with Crippen molar-refractivity contribution in [2.75, 3.05) is 6.54 Å². The summed E-state index contributed by atoms with van der Waals surface area (Å²) in [5.74, 6) is -0.117. The zero-order valence-corrected chi connectivity index (χ0v) is 7.59. The number of carbonyl (C=O) groups is 2. The van der Waals surface area contributed by atoms with Gasteiger partial charge in [0.1, 0.15) is 5.78 Å². The second-order valence-corrected chi connectivity index (χ2v) is 2.71. The highest BCUT2D eigenvalue weighted by atomic mass is 16.1. The van der Waals surface area contributed by atoms with Gasteiger partial charge in [0, 0.05) is 13.0 Å². The highest BCUT2D eigenvalue weighted by Crippen LogP contribution is 1.95. The van der Waals surface area contributed by atoms with Gasteiger partial charge in [-0.2, -0.15) is 0 Å². The van der Waals surface area contributed by atoms with E-state index in [1.54, 1.807) is 0 Å². The lowest BCUT2D eigenvalue weighted by molar-refractivity contribution is -0.121. The second-order valence-electron chi connectivity index (χ2n) is 2.71. The number of Topliss-reactive ketones (excluding diaryl/α,β-unsaturated/α-hetero) is 1. The molecule has 70 valence electrons. The lowest BCUT2D eigenvalue weighted by atomic mass is 10.1. The van der Waals surface area contributed by atoms with Gasteiger partial charge in [-0.1, -0.05) is 0 Å². The third-order valence-electron chi connectivity index (χ3n) is 1.58. The van der Waals surface area contributed by atoms with Crippen LogP contribution in [0.5, 0.6) is 0 Å². The van der Waals surface area contributed by atoms with Crippen LogP contribution in [0.4, 0.5) is 0 Å². The van der Waals surface area contributed by atoms with Crippen molar-refractivity contribution in [3.63, 3.8) is 0 Å². The molecule has 1 amide bonds. The van der Waals surface area contributed by atoms with E-state index in [0.29, 0.717) is 19.4 Å². The quantitative estimate of drug-likeness (QED) is 0.604. The summed E-state index contributed by atoms with van der Waals surface area (Å²) in [4.78, 5) is 21.5. The number of nitrogens with two attached hydrogens (primary N) is 1. The zero-order valence-electron chi connectivity index (χ0n) is 7.59. The number of nitrogens with one attached hydrogen (secondary N) is 1. The molecule has 0 radical (unpaired) electrons. The van der Waals surface area contributed by atoms with Crippen molar-refractivity contribution in [1.29, 1.82) is 0 Å². The van der Waals surface area contributed by atoms with Crippen molar-refractivity contribution in [1.82, 2.24) is 5.32 Å². The Labute approximate surface area is 72.5 Å². The molecule has 0 saturated carbocycles. The van der Waals surface area contributed by atoms with Crippen LogP contribution in [-0.4, -0.2) is 24.3 Å². The molecule has 0 heterocycles. The minimum absolute atomic E-state index is 0.0470. The Hall–Kier alpha value is -0.900. The fourth-order valence-corrected chi connectivity index (χ4v) is 0.775. The number of amides is 1. The molecule has 4 nitrogen and oxygen atoms in total. The third-order valence-corrected chi connectivity index (χ3v) is 1.58. The predicted molar refractivity (Wildman–Crippen MR) is 46.6 cm³/mol. The Kier molecular flexibility index (Phi) is 5.28. The minimum atomic E-state index is -0.493. The molecule has 0 spiro atoms. The summed E-state index contributed by atoms with van der Waals surface area (Å²) in [5.41, 5.74) is 5.43. The SMILES string of the molecule is CCNC(=O)CC[C@@H](N)C(C)=O. The van der Waals surface area contributed by atoms with Crippen molar-refractivity contribution in [3.05, 3.63) is 0 Å². The van der Waals surface area contributed by atoms with Crippen molar-refractivity contribution in [2.24, 2.45) is 5.73 Å². The zero-order chi connectivity index (χ0) is 9.56. The monoisotopic (exact) mass is 172 g/mol. The predicted octanol–water partition coefficient (Wildman–Crippen LogP) is -0.181. The number of hydrogen-bond acceptors (Lipinski definition) is 3. The van der Waals surface area contributed by atoms with E-state index in [2.05, 4.69) is 5.32 Å². The van der Waals surface area contributed by atoms with Gasteiger partial charge in [-0.15, -0.1) is 0 Å². The molecule has 1 atom stereocenters. The maximum atomic E-state index is 10.9. The molecular formula is C8H16N2O2. The van der Waals surface area contributed by atoms with Crippen molar-refractivity contribution in [2.45, 2.75) is 32.7 Å². The van der Waals surface area contributed by atoms with E-state index in [-0.39, 0.29) is 11.7 Å². The number of carbonyl (C=O) groups excluding carboxylic acids is 2. The van der Waals surface area contributed by atoms with Gasteiger partial charge < -0.3 is 11.1 Å². The van der Waals surface area contributed by atoms with Crippen LogP contribution in [-0.2, 0) is 9.59 Å². The second kappa shape index (κ2) is 5.71. The van der Waals surface area contributed by atoms with Gasteiger partial charge in [0.05, 0.1) is 6.04 Å². The normalized spacial score (nSPS) is 12.2. The first-order valence-corrected chi connectivity index (χ1v) is 4.10. The Morgan fingerprint density at radius 2 is 2.08 bits per heavy atom. The topological polar surface area (TPSA) is 72.2 Å². The molecular weight excluding hydrogens is 156 g/mol. The van der Waals surface area contributed by atoms with Crippen molar-refractivity contribution >= 4 is 11.7 Å². The van der Waals surface area contributed by atoms with Gasteiger partial charge in [0.25, 0.3) is 0 Å². The van der Waals surface area contributed by atoms with E-state index in [1.807, 2.05) is 6.92 Å². The molecule has 0 aliphatic heterocycles. The molecule has 0 bridgehead atoms. The Morgan fingerprint density at radius 3 is 2.50 bits per heavy atom. The first-order valence-electron chi connectivity index (χ1n) is 4.10. The molecule has 0 rings (SSSR count). The van der Waals surface area contributed by atoms with Crippen LogP contribution in [0.2, 0.25) is 0 Å². The molecule has 0 aromatic carbocycles. The lowest BCUT2D eigenvalue weighted by Crippen LogP contribution is -2.31. The minimum Gasteiger partial charge on any atom is -0.356 e. The van der Waals surface area contributed by atoms with Gasteiger partial charge in [-0.3, -0.25) is 9.59 Å². The molecule has 0 aliphatic rings. The highest BCUT2D eigenvalue weighted by Gasteiger charge is 2.09. The van der Waals surface area contributed by atoms with Gasteiger partial charge in [0.2, 0.25) is 5.91 Å². The molecule has 0 unspecified atom stereocenters. The average molecular weight is 172 g/mol. The van der Waals surface area contributed by atoms with Crippen LogP contribution in [0.1, 0.15) is 26.7 Å². The van der Waals surface area contributed by atoms with Gasteiger partial charge in [0.15, 0.2) is 0 Å². The Bertz CT molecular complexity index is 168. The van der Waals surface area contributed by atoms with Crippen LogP contribution in [0.25, 0.3) is 0 Å². The van der Waals surface area contributed by atoms with Crippen molar-refractivity contribution < 1.29 is 9.59 Å². The smallest absolute Gasteiger partial charge is 0.220 e. The first kappa shape index (κ1) is 11.1. The Morgan fingerprint density at radius 1 is 1.50 bits per heavy atom. The number of rotatable bonds is 5. The van der Waals surface area contributed by atoms with E-state index in [4.69, 9.17) is 5.73 Å². The summed E-state index contributed by atoms with van der Waals surface area (Å²) in [7, 11) is 0. The van der Waals surface area contributed by atoms with Crippen LogP contribution >= 0.6 is 0 Å². The molecule has 0 saturated heterocycles. The fraction of sp³-hybridized carbons (Fsp3) is 0.750. The molecule has 0 aliphatic carbocycles. The van der Waals surface area contributed by atoms with Gasteiger partial charge >= 0.3 is 0 Å². The molecule has 0 fully saturated rings. The molecule has 4 heteroatoms. The van der Waals surface area contributed by atoms with E-state index in [9.17, 15) is 9.59 Å². The van der Waals surface area contributed by atoms with E-state index in [0.717, 1.165) is 0 Å². The largest absolute Gasteiger partial charge is 0.356 e. The highest BCUT2D eigenvalue weighted by molar-refractivity contribution is 5.82. The van der Waals surface area contributed by atoms with Crippen LogP contribution < -0.4 is 11.1 Å². The maximum absolute atomic E-state index is 10.9. The molecule has 0 aromatic rings. The van der Waals surface area contributed by atoms with Crippen LogP contribution in [0.3, 0.4) is 0 Å². The van der Waals surface area contributed by atoms with E-state index >= 15 is 0 Å². The summed E-state index contributed by atoms with van der Waals surface area (Å²) >= 11 is 0. The molecule has 0 aromatic heterocycles. The molecule has 3 N–H and O–H groups in total. The standard InChI is InChI=1S/C8H16N2O2/c1-3-10-8(12)5-4-7(9)6(2)11/h7H,3-5,9H2,1-2H3,(H,10,12)/t7-/m1/s1. The van der Waals surface area contributed by atoms with E-state index < -0.39 is 6.04 Å². The lowest BCUT2D eigenvalue weighted by Gasteiger charge is -2.06. The number of ketones is 1. The number of hydrogen-bond donors (Lipinski definition) is 2. The maximum Gasteiger partial charge on any atom is 0.220 e. The average Bonchev–Trinajstić information content (AvgIpc) is 2.00. The molecule has 12 heavy (non-hydrogen) atoms. The van der Waals surface area contributed by atoms with Crippen LogP contribution in [0.15, 0.2) is 0 Å². The third kappa shape index (κ3) is 4.85. The van der Waals surface area contributed by atoms with Gasteiger partial charge in [-0.25, -0.2) is 0 Å².